The second-order valence-corrected chi connectivity index (χ2v) is 3.69. The lowest BCUT2D eigenvalue weighted by molar-refractivity contribution is 0.415. The molecule has 18 heavy (non-hydrogen) atoms. The summed E-state index contributed by atoms with van der Waals surface area (Å²) in [5, 5.41) is 15.8. The van der Waals surface area contributed by atoms with Gasteiger partial charge in [-0.3, -0.25) is 5.10 Å². The molecule has 5 heteroatoms. The van der Waals surface area contributed by atoms with Gasteiger partial charge in [-0.1, -0.05) is 12.1 Å². The summed E-state index contributed by atoms with van der Waals surface area (Å²) in [6.07, 6.45) is 1.74. The Morgan fingerprint density at radius 3 is 2.61 bits per heavy atom. The van der Waals surface area contributed by atoms with Crippen LogP contribution >= 0.6 is 0 Å². The Balaban J connectivity index is 2.32. The Hall–Kier alpha value is -2.61. The molecule has 0 bridgehead atoms. The lowest BCUT2D eigenvalue weighted by Crippen LogP contribution is -1.86. The number of nitriles is 1. The van der Waals surface area contributed by atoms with Crippen molar-refractivity contribution in [3.8, 4) is 11.8 Å². The first-order valence-electron chi connectivity index (χ1n) is 5.38. The van der Waals surface area contributed by atoms with Crippen molar-refractivity contribution in [3.05, 3.63) is 41.5 Å². The van der Waals surface area contributed by atoms with Gasteiger partial charge in [0.1, 0.15) is 17.6 Å². The third-order valence-electron chi connectivity index (χ3n) is 2.39. The average Bonchev–Trinajstić information content (AvgIpc) is 2.83. The molecule has 2 rings (SSSR count). The smallest absolute Gasteiger partial charge is 0.191 e. The number of aryl methyl sites for hydroxylation is 1. The Morgan fingerprint density at radius 1 is 1.39 bits per heavy atom. The van der Waals surface area contributed by atoms with Crippen LogP contribution in [0.1, 0.15) is 17.2 Å². The van der Waals surface area contributed by atoms with Gasteiger partial charge in [0, 0.05) is 0 Å². The second-order valence-electron chi connectivity index (χ2n) is 3.69. The number of hydrogen-bond acceptors (Lipinski definition) is 4. The highest BCUT2D eigenvalue weighted by Crippen LogP contribution is 2.17. The molecule has 0 saturated heterocycles. The molecule has 2 aromatic rings. The molecule has 1 N–H and O–H groups in total. The maximum absolute atomic E-state index is 9.11. The van der Waals surface area contributed by atoms with E-state index in [1.807, 2.05) is 24.3 Å². The van der Waals surface area contributed by atoms with E-state index in [-0.39, 0.29) is 0 Å². The highest BCUT2D eigenvalue weighted by molar-refractivity contribution is 5.86. The number of methoxy groups -OCH3 is 1. The second kappa shape index (κ2) is 5.15. The molecule has 0 radical (unpaired) electrons. The van der Waals surface area contributed by atoms with Crippen LogP contribution in [0.15, 0.2) is 24.3 Å². The standard InChI is InChI=1S/C13H12N4O/c1-9-15-13(17-16-9)11(8-14)7-10-3-5-12(18-2)6-4-10/h3-7H,1-2H3,(H,15,16,17). The van der Waals surface area contributed by atoms with Crippen LogP contribution in [0, 0.1) is 18.3 Å². The van der Waals surface area contributed by atoms with E-state index in [0.29, 0.717) is 17.2 Å². The molecule has 0 fully saturated rings. The lowest BCUT2D eigenvalue weighted by atomic mass is 10.1. The fourth-order valence-electron chi connectivity index (χ4n) is 1.48. The first-order valence-corrected chi connectivity index (χ1v) is 5.38. The highest BCUT2D eigenvalue weighted by atomic mass is 16.5. The summed E-state index contributed by atoms with van der Waals surface area (Å²) in [5.41, 5.74) is 1.32. The number of ether oxygens (including phenoxy) is 1. The average molecular weight is 240 g/mol. The van der Waals surface area contributed by atoms with Gasteiger partial charge < -0.3 is 4.74 Å². The predicted octanol–water partition coefficient (Wildman–Crippen LogP) is 2.19. The minimum absolute atomic E-state index is 0.408. The molecule has 0 aliphatic carbocycles. The summed E-state index contributed by atoms with van der Waals surface area (Å²) in [5.74, 6) is 1.87. The van der Waals surface area contributed by atoms with Crippen molar-refractivity contribution < 1.29 is 4.74 Å². The molecule has 1 heterocycles. The normalized spacial score (nSPS) is 11.1. The highest BCUT2D eigenvalue weighted by Gasteiger charge is 2.06. The summed E-state index contributed by atoms with van der Waals surface area (Å²) in [6, 6.07) is 9.51. The monoisotopic (exact) mass is 240 g/mol. The van der Waals surface area contributed by atoms with Crippen LogP contribution in [0.4, 0.5) is 0 Å². The van der Waals surface area contributed by atoms with Gasteiger partial charge in [-0.25, -0.2) is 4.98 Å². The van der Waals surface area contributed by atoms with Crippen molar-refractivity contribution >= 4 is 11.6 Å². The van der Waals surface area contributed by atoms with E-state index in [1.165, 1.54) is 0 Å². The maximum Gasteiger partial charge on any atom is 0.191 e. The number of allylic oxidation sites excluding steroid dienone is 1. The van der Waals surface area contributed by atoms with Crippen molar-refractivity contribution in [1.29, 1.82) is 5.26 Å². The summed E-state index contributed by atoms with van der Waals surface area (Å²) < 4.78 is 5.07. The fourth-order valence-corrected chi connectivity index (χ4v) is 1.48. The number of nitrogens with zero attached hydrogens (tertiary/aromatic N) is 3. The molecule has 0 saturated carbocycles. The van der Waals surface area contributed by atoms with Crippen LogP contribution in [-0.2, 0) is 0 Å². The van der Waals surface area contributed by atoms with Crippen molar-refractivity contribution in [2.75, 3.05) is 7.11 Å². The number of H-pyrrole nitrogens is 1. The van der Waals surface area contributed by atoms with Gasteiger partial charge in [0.2, 0.25) is 0 Å². The maximum atomic E-state index is 9.11. The van der Waals surface area contributed by atoms with E-state index in [2.05, 4.69) is 21.3 Å². The lowest BCUT2D eigenvalue weighted by Gasteiger charge is -1.99. The SMILES string of the molecule is COc1ccc(C=C(C#N)c2n[nH]c(C)n2)cc1. The minimum atomic E-state index is 0.408. The number of aromatic amines is 1. The topological polar surface area (TPSA) is 74.6 Å². The molecule has 0 unspecified atom stereocenters. The molecule has 0 spiro atoms. The Bertz CT molecular complexity index is 605. The van der Waals surface area contributed by atoms with Crippen LogP contribution in [-0.4, -0.2) is 22.3 Å². The summed E-state index contributed by atoms with van der Waals surface area (Å²) in [4.78, 5) is 4.13. The van der Waals surface area contributed by atoms with E-state index >= 15 is 0 Å². The number of rotatable bonds is 3. The van der Waals surface area contributed by atoms with E-state index < -0.39 is 0 Å². The van der Waals surface area contributed by atoms with Gasteiger partial charge in [-0.2, -0.15) is 10.4 Å². The summed E-state index contributed by atoms with van der Waals surface area (Å²) >= 11 is 0. The third-order valence-corrected chi connectivity index (χ3v) is 2.39. The van der Waals surface area contributed by atoms with E-state index in [1.54, 1.807) is 20.1 Å². The van der Waals surface area contributed by atoms with Gasteiger partial charge >= 0.3 is 0 Å². The summed E-state index contributed by atoms with van der Waals surface area (Å²) in [7, 11) is 1.61. The zero-order valence-corrected chi connectivity index (χ0v) is 10.1. The fraction of sp³-hybridized carbons (Fsp3) is 0.154. The molecule has 0 aliphatic rings. The molecule has 90 valence electrons. The van der Waals surface area contributed by atoms with Gasteiger partial charge in [0.05, 0.1) is 12.7 Å². The zero-order valence-electron chi connectivity index (χ0n) is 10.1. The van der Waals surface area contributed by atoms with Crippen molar-refractivity contribution in [3.63, 3.8) is 0 Å². The number of aromatic nitrogens is 3. The molecular formula is C13H12N4O. The third kappa shape index (κ3) is 2.55. The van der Waals surface area contributed by atoms with Crippen molar-refractivity contribution in [1.82, 2.24) is 15.2 Å². The van der Waals surface area contributed by atoms with Gasteiger partial charge in [0.15, 0.2) is 5.82 Å². The largest absolute Gasteiger partial charge is 0.497 e. The Kier molecular flexibility index (Phi) is 3.39. The first-order chi connectivity index (χ1) is 8.72. The quantitative estimate of drug-likeness (QED) is 0.834. The number of benzene rings is 1. The van der Waals surface area contributed by atoms with E-state index in [4.69, 9.17) is 10.00 Å². The predicted molar refractivity (Wildman–Crippen MR) is 67.6 cm³/mol. The molecular weight excluding hydrogens is 228 g/mol. The van der Waals surface area contributed by atoms with Crippen LogP contribution < -0.4 is 4.74 Å². The van der Waals surface area contributed by atoms with E-state index in [9.17, 15) is 0 Å². The van der Waals surface area contributed by atoms with Crippen molar-refractivity contribution in [2.24, 2.45) is 0 Å². The molecule has 1 aromatic heterocycles. The first kappa shape index (κ1) is 11.9. The van der Waals surface area contributed by atoms with E-state index in [0.717, 1.165) is 11.3 Å². The van der Waals surface area contributed by atoms with Crippen molar-refractivity contribution in [2.45, 2.75) is 6.92 Å². The van der Waals surface area contributed by atoms with Crippen LogP contribution in [0.3, 0.4) is 0 Å². The molecule has 0 amide bonds. The molecule has 0 aliphatic heterocycles. The van der Waals surface area contributed by atoms with Gasteiger partial charge in [-0.05, 0) is 30.7 Å². The Morgan fingerprint density at radius 2 is 2.11 bits per heavy atom. The number of hydrogen-bond donors (Lipinski definition) is 1. The molecule has 0 atom stereocenters. The number of nitrogens with one attached hydrogen (secondary N) is 1. The summed E-state index contributed by atoms with van der Waals surface area (Å²) in [6.45, 7) is 1.79. The molecule has 5 nitrogen and oxygen atoms in total. The van der Waals surface area contributed by atoms with Crippen LogP contribution in [0.25, 0.3) is 11.6 Å². The van der Waals surface area contributed by atoms with Crippen LogP contribution in [0.5, 0.6) is 5.75 Å². The molecule has 1 aromatic carbocycles. The zero-order chi connectivity index (χ0) is 13.0. The van der Waals surface area contributed by atoms with Gasteiger partial charge in [-0.15, -0.1) is 0 Å². The van der Waals surface area contributed by atoms with Crippen LogP contribution in [0.2, 0.25) is 0 Å². The Labute approximate surface area is 105 Å². The van der Waals surface area contributed by atoms with Gasteiger partial charge in [0.25, 0.3) is 0 Å². The minimum Gasteiger partial charge on any atom is -0.497 e.